The van der Waals surface area contributed by atoms with Gasteiger partial charge < -0.3 is 14.2 Å². The molecule has 2 aromatic rings. The van der Waals surface area contributed by atoms with Gasteiger partial charge in [-0.1, -0.05) is 102 Å². The van der Waals surface area contributed by atoms with Gasteiger partial charge in [0.05, 0.1) is 12.2 Å². The van der Waals surface area contributed by atoms with E-state index in [1.54, 1.807) is 0 Å². The molecule has 0 heterocycles. The van der Waals surface area contributed by atoms with Crippen molar-refractivity contribution in [1.82, 2.24) is 0 Å². The van der Waals surface area contributed by atoms with Crippen LogP contribution in [0.2, 0.25) is 0 Å². The molecule has 0 aromatic heterocycles. The molecule has 0 aliphatic heterocycles. The first kappa shape index (κ1) is 21.6. The highest BCUT2D eigenvalue weighted by Gasteiger charge is 2.28. The van der Waals surface area contributed by atoms with Crippen LogP contribution >= 0.6 is 0 Å². The molecular formula is C24H34O3. The van der Waals surface area contributed by atoms with E-state index in [4.69, 9.17) is 14.2 Å². The van der Waals surface area contributed by atoms with Crippen LogP contribution in [0.1, 0.15) is 64.9 Å². The Hall–Kier alpha value is -1.68. The Morgan fingerprint density at radius 2 is 0.926 bits per heavy atom. The summed E-state index contributed by atoms with van der Waals surface area (Å²) in [5, 5.41) is 0. The van der Waals surface area contributed by atoms with E-state index in [9.17, 15) is 0 Å². The summed E-state index contributed by atoms with van der Waals surface area (Å²) in [4.78, 5) is 0. The highest BCUT2D eigenvalue weighted by Crippen LogP contribution is 2.37. The zero-order valence-corrected chi connectivity index (χ0v) is 17.6. The van der Waals surface area contributed by atoms with E-state index in [-0.39, 0.29) is 36.6 Å². The fourth-order valence-corrected chi connectivity index (χ4v) is 3.21. The predicted molar refractivity (Wildman–Crippen MR) is 110 cm³/mol. The molecule has 148 valence electrons. The van der Waals surface area contributed by atoms with Crippen LogP contribution < -0.4 is 0 Å². The smallest absolute Gasteiger partial charge is 0.150 e. The first-order valence-corrected chi connectivity index (χ1v) is 9.60. The van der Waals surface area contributed by atoms with E-state index in [2.05, 4.69) is 65.8 Å². The molecule has 0 N–H and O–H groups in total. The summed E-state index contributed by atoms with van der Waals surface area (Å²) in [6.45, 7) is 13.4. The van der Waals surface area contributed by atoms with Gasteiger partial charge in [-0.15, -0.1) is 0 Å². The number of hydrogen-bond acceptors (Lipinski definition) is 3. The first-order valence-electron chi connectivity index (χ1n) is 9.60. The molecule has 0 bridgehead atoms. The van der Waals surface area contributed by atoms with E-state index in [0.717, 1.165) is 11.1 Å². The second-order valence-electron chi connectivity index (χ2n) is 9.09. The van der Waals surface area contributed by atoms with Crippen LogP contribution in [0.5, 0.6) is 0 Å². The summed E-state index contributed by atoms with van der Waals surface area (Å²) >= 11 is 0. The Kier molecular flexibility index (Phi) is 7.60. The SMILES string of the molecule is CC(C)(C)[C@H](OCOCO[C@H](c1ccccc1)C(C)(C)C)c1ccccc1. The molecule has 0 radical (unpaired) electrons. The van der Waals surface area contributed by atoms with Gasteiger partial charge in [0, 0.05) is 0 Å². The van der Waals surface area contributed by atoms with E-state index in [1.165, 1.54) is 0 Å². The lowest BCUT2D eigenvalue weighted by Gasteiger charge is -2.32. The summed E-state index contributed by atoms with van der Waals surface area (Å²) in [6, 6.07) is 20.6. The third-order valence-corrected chi connectivity index (χ3v) is 4.41. The van der Waals surface area contributed by atoms with Crippen LogP contribution in [0.3, 0.4) is 0 Å². The zero-order chi connectivity index (χ0) is 19.9. The summed E-state index contributed by atoms with van der Waals surface area (Å²) in [7, 11) is 0. The fraction of sp³-hybridized carbons (Fsp3) is 0.500. The molecule has 2 aromatic carbocycles. The van der Waals surface area contributed by atoms with Gasteiger partial charge in [-0.25, -0.2) is 0 Å². The second-order valence-corrected chi connectivity index (χ2v) is 9.09. The van der Waals surface area contributed by atoms with Gasteiger partial charge in [-0.2, -0.15) is 0 Å². The normalized spacial score (nSPS) is 14.7. The first-order chi connectivity index (χ1) is 12.7. The Morgan fingerprint density at radius 3 is 1.22 bits per heavy atom. The predicted octanol–water partition coefficient (Wildman–Crippen LogP) is 6.53. The van der Waals surface area contributed by atoms with Crippen LogP contribution in [-0.4, -0.2) is 13.6 Å². The minimum absolute atomic E-state index is 0.0243. The van der Waals surface area contributed by atoms with Gasteiger partial charge in [0.1, 0.15) is 13.6 Å². The molecule has 0 amide bonds. The Bertz CT molecular complexity index is 594. The van der Waals surface area contributed by atoms with Crippen LogP contribution in [0.25, 0.3) is 0 Å². The molecule has 2 atom stereocenters. The van der Waals surface area contributed by atoms with Gasteiger partial charge in [0.2, 0.25) is 0 Å². The maximum Gasteiger partial charge on any atom is 0.150 e. The average molecular weight is 371 g/mol. The molecule has 0 saturated carbocycles. The Labute approximate surface area is 164 Å². The molecule has 0 saturated heterocycles. The maximum absolute atomic E-state index is 6.06. The molecule has 3 nitrogen and oxygen atoms in total. The molecule has 27 heavy (non-hydrogen) atoms. The highest BCUT2D eigenvalue weighted by molar-refractivity contribution is 5.20. The van der Waals surface area contributed by atoms with Crippen LogP contribution in [0.4, 0.5) is 0 Å². The van der Waals surface area contributed by atoms with Crippen LogP contribution in [0.15, 0.2) is 60.7 Å². The molecule has 0 aliphatic carbocycles. The monoisotopic (exact) mass is 370 g/mol. The minimum atomic E-state index is -0.0359. The molecule has 2 rings (SSSR count). The van der Waals surface area contributed by atoms with E-state index in [1.807, 2.05) is 36.4 Å². The highest BCUT2D eigenvalue weighted by atomic mass is 16.7. The van der Waals surface area contributed by atoms with Gasteiger partial charge in [-0.05, 0) is 22.0 Å². The van der Waals surface area contributed by atoms with Crippen molar-refractivity contribution in [2.75, 3.05) is 13.6 Å². The van der Waals surface area contributed by atoms with Crippen molar-refractivity contribution in [3.05, 3.63) is 71.8 Å². The molecule has 0 unspecified atom stereocenters. The van der Waals surface area contributed by atoms with Crippen molar-refractivity contribution >= 4 is 0 Å². The van der Waals surface area contributed by atoms with Crippen molar-refractivity contribution < 1.29 is 14.2 Å². The van der Waals surface area contributed by atoms with E-state index >= 15 is 0 Å². The summed E-state index contributed by atoms with van der Waals surface area (Å²) < 4.78 is 17.8. The molecular weight excluding hydrogens is 336 g/mol. The average Bonchev–Trinajstić information content (AvgIpc) is 2.60. The second kappa shape index (κ2) is 9.50. The summed E-state index contributed by atoms with van der Waals surface area (Å²) in [5.41, 5.74) is 2.27. The van der Waals surface area contributed by atoms with Crippen molar-refractivity contribution in [3.8, 4) is 0 Å². The van der Waals surface area contributed by atoms with E-state index < -0.39 is 0 Å². The Morgan fingerprint density at radius 1 is 0.593 bits per heavy atom. The Balaban J connectivity index is 1.89. The van der Waals surface area contributed by atoms with Crippen LogP contribution in [0, 0.1) is 10.8 Å². The van der Waals surface area contributed by atoms with Crippen molar-refractivity contribution in [3.63, 3.8) is 0 Å². The van der Waals surface area contributed by atoms with Crippen molar-refractivity contribution in [2.24, 2.45) is 10.8 Å². The molecule has 0 fully saturated rings. The van der Waals surface area contributed by atoms with Gasteiger partial charge in [0.25, 0.3) is 0 Å². The van der Waals surface area contributed by atoms with Crippen molar-refractivity contribution in [1.29, 1.82) is 0 Å². The van der Waals surface area contributed by atoms with Gasteiger partial charge in [-0.3, -0.25) is 0 Å². The number of rotatable bonds is 8. The summed E-state index contributed by atoms with van der Waals surface area (Å²) in [6.07, 6.45) is -0.0718. The largest absolute Gasteiger partial charge is 0.347 e. The molecule has 3 heteroatoms. The third kappa shape index (κ3) is 6.76. The standard InChI is InChI=1S/C24H34O3/c1-23(2,3)21(19-13-9-7-10-14-19)26-17-25-18-27-22(24(4,5)6)20-15-11-8-12-16-20/h7-16,21-22H,17-18H2,1-6H3/t21-,22-/m1/s1. The lowest BCUT2D eigenvalue weighted by atomic mass is 9.85. The quantitative estimate of drug-likeness (QED) is 0.391. The maximum atomic E-state index is 6.06. The third-order valence-electron chi connectivity index (χ3n) is 4.41. The molecule has 0 spiro atoms. The molecule has 0 aliphatic rings. The minimum Gasteiger partial charge on any atom is -0.347 e. The van der Waals surface area contributed by atoms with Crippen molar-refractivity contribution in [2.45, 2.75) is 53.8 Å². The lowest BCUT2D eigenvalue weighted by molar-refractivity contribution is -0.191. The number of ether oxygens (including phenoxy) is 3. The van der Waals surface area contributed by atoms with E-state index in [0.29, 0.717) is 0 Å². The van der Waals surface area contributed by atoms with Gasteiger partial charge >= 0.3 is 0 Å². The topological polar surface area (TPSA) is 27.7 Å². The van der Waals surface area contributed by atoms with Gasteiger partial charge in [0.15, 0.2) is 0 Å². The summed E-state index contributed by atoms with van der Waals surface area (Å²) in [5.74, 6) is 0. The fourth-order valence-electron chi connectivity index (χ4n) is 3.21. The van der Waals surface area contributed by atoms with Crippen LogP contribution in [-0.2, 0) is 14.2 Å². The zero-order valence-electron chi connectivity index (χ0n) is 17.6. The number of benzene rings is 2. The number of hydrogen-bond donors (Lipinski definition) is 0. The lowest BCUT2D eigenvalue weighted by Crippen LogP contribution is -2.24.